The van der Waals surface area contributed by atoms with Gasteiger partial charge in [0.25, 0.3) is 0 Å². The highest BCUT2D eigenvalue weighted by Gasteiger charge is 2.09. The zero-order chi connectivity index (χ0) is 20.6. The Morgan fingerprint density at radius 3 is 2.69 bits per heavy atom. The van der Waals surface area contributed by atoms with Gasteiger partial charge in [0.1, 0.15) is 11.8 Å². The third-order valence-electron chi connectivity index (χ3n) is 3.88. The van der Waals surface area contributed by atoms with Gasteiger partial charge in [-0.2, -0.15) is 20.1 Å². The van der Waals surface area contributed by atoms with E-state index in [4.69, 9.17) is 31.7 Å². The van der Waals surface area contributed by atoms with Crippen LogP contribution in [0.1, 0.15) is 12.5 Å². The maximum atomic E-state index is 8.66. The van der Waals surface area contributed by atoms with Crippen LogP contribution in [0.2, 0.25) is 0 Å². The Kier molecular flexibility index (Phi) is 6.60. The normalized spacial score (nSPS) is 10.7. The van der Waals surface area contributed by atoms with E-state index in [1.807, 2.05) is 37.3 Å². The molecule has 0 spiro atoms. The number of aromatic nitrogens is 3. The van der Waals surface area contributed by atoms with Crippen molar-refractivity contribution in [3.8, 4) is 34.7 Å². The van der Waals surface area contributed by atoms with E-state index < -0.39 is 0 Å². The highest BCUT2D eigenvalue weighted by molar-refractivity contribution is 7.71. The number of hydrogen-bond acceptors (Lipinski definition) is 7. The molecule has 1 heterocycles. The van der Waals surface area contributed by atoms with Crippen molar-refractivity contribution in [1.82, 2.24) is 14.9 Å². The summed E-state index contributed by atoms with van der Waals surface area (Å²) in [4.78, 5) is 0. The fourth-order valence-corrected chi connectivity index (χ4v) is 2.75. The van der Waals surface area contributed by atoms with Crippen molar-refractivity contribution in [1.29, 1.82) is 5.26 Å². The van der Waals surface area contributed by atoms with Gasteiger partial charge in [0.15, 0.2) is 23.9 Å². The fraction of sp³-hybridized carbons (Fsp3) is 0.200. The van der Waals surface area contributed by atoms with Crippen molar-refractivity contribution < 1.29 is 14.2 Å². The summed E-state index contributed by atoms with van der Waals surface area (Å²) in [5.74, 6) is 2.36. The van der Waals surface area contributed by atoms with Crippen LogP contribution in [-0.4, -0.2) is 41.4 Å². The minimum Gasteiger partial charge on any atom is -0.494 e. The molecule has 0 aliphatic heterocycles. The predicted octanol–water partition coefficient (Wildman–Crippen LogP) is 3.80. The number of methoxy groups -OCH3 is 1. The van der Waals surface area contributed by atoms with Gasteiger partial charge in [0.2, 0.25) is 4.77 Å². The molecular weight excluding hydrogens is 390 g/mol. The third-order valence-corrected chi connectivity index (χ3v) is 4.14. The number of nitrogens with one attached hydrogen (secondary N) is 1. The van der Waals surface area contributed by atoms with Crippen LogP contribution in [0.5, 0.6) is 17.2 Å². The molecule has 0 bridgehead atoms. The smallest absolute Gasteiger partial charge is 0.216 e. The van der Waals surface area contributed by atoms with E-state index in [1.165, 1.54) is 11.8 Å². The molecule has 0 atom stereocenters. The molecule has 0 aliphatic rings. The van der Waals surface area contributed by atoms with Gasteiger partial charge < -0.3 is 14.2 Å². The molecule has 0 saturated heterocycles. The standard InChI is InChI=1S/C20H19N5O3S/c1-3-27-16-7-5-15(6-8-16)19-23-24-20(29)25(19)22-13-14-4-9-17(28-11-10-21)18(12-14)26-2/h4-9,12-13H,3,11H2,1-2H3,(H,24,29)/b22-13-. The highest BCUT2D eigenvalue weighted by atomic mass is 32.1. The second kappa shape index (κ2) is 9.52. The summed E-state index contributed by atoms with van der Waals surface area (Å²) in [5, 5.41) is 20.1. The topological polar surface area (TPSA) is 97.5 Å². The lowest BCUT2D eigenvalue weighted by Gasteiger charge is -2.08. The molecule has 9 heteroatoms. The summed E-state index contributed by atoms with van der Waals surface area (Å²) in [6, 6.07) is 14.7. The molecule has 3 aromatic rings. The maximum absolute atomic E-state index is 8.66. The monoisotopic (exact) mass is 409 g/mol. The average Bonchev–Trinajstić information content (AvgIpc) is 3.12. The van der Waals surface area contributed by atoms with Crippen LogP contribution in [0.3, 0.4) is 0 Å². The molecular formula is C20H19N5O3S. The van der Waals surface area contributed by atoms with Gasteiger partial charge >= 0.3 is 0 Å². The van der Waals surface area contributed by atoms with Crippen LogP contribution >= 0.6 is 12.2 Å². The Hall–Kier alpha value is -3.64. The molecule has 1 N–H and O–H groups in total. The van der Waals surface area contributed by atoms with Gasteiger partial charge in [-0.05, 0) is 67.2 Å². The van der Waals surface area contributed by atoms with Crippen molar-refractivity contribution in [2.75, 3.05) is 20.3 Å². The molecule has 29 heavy (non-hydrogen) atoms. The molecule has 0 aliphatic carbocycles. The number of rotatable bonds is 8. The van der Waals surface area contributed by atoms with E-state index in [1.54, 1.807) is 24.4 Å². The first-order valence-electron chi connectivity index (χ1n) is 8.79. The lowest BCUT2D eigenvalue weighted by Crippen LogP contribution is -1.98. The molecule has 148 valence electrons. The third kappa shape index (κ3) is 4.80. The van der Waals surface area contributed by atoms with E-state index in [0.29, 0.717) is 28.7 Å². The summed E-state index contributed by atoms with van der Waals surface area (Å²) in [6.07, 6.45) is 1.64. The number of ether oxygens (including phenoxy) is 3. The van der Waals surface area contributed by atoms with Crippen LogP contribution < -0.4 is 14.2 Å². The first-order valence-corrected chi connectivity index (χ1v) is 9.20. The Labute approximate surface area is 173 Å². The van der Waals surface area contributed by atoms with Crippen LogP contribution in [0.4, 0.5) is 0 Å². The molecule has 0 amide bonds. The summed E-state index contributed by atoms with van der Waals surface area (Å²) < 4.78 is 18.0. The second-order valence-corrected chi connectivity index (χ2v) is 6.11. The number of hydrogen-bond donors (Lipinski definition) is 1. The van der Waals surface area contributed by atoms with Gasteiger partial charge in [-0.15, -0.1) is 0 Å². The highest BCUT2D eigenvalue weighted by Crippen LogP contribution is 2.27. The quantitative estimate of drug-likeness (QED) is 0.449. The summed E-state index contributed by atoms with van der Waals surface area (Å²) in [6.45, 7) is 2.48. The zero-order valence-electron chi connectivity index (χ0n) is 16.0. The van der Waals surface area contributed by atoms with Crippen LogP contribution in [-0.2, 0) is 0 Å². The lowest BCUT2D eigenvalue weighted by molar-refractivity contribution is 0.329. The van der Waals surface area contributed by atoms with Gasteiger partial charge in [0, 0.05) is 5.56 Å². The number of H-pyrrole nitrogens is 1. The van der Waals surface area contributed by atoms with Crippen molar-refractivity contribution in [2.45, 2.75) is 6.92 Å². The van der Waals surface area contributed by atoms with Crippen molar-refractivity contribution in [2.24, 2.45) is 5.10 Å². The van der Waals surface area contributed by atoms with Gasteiger partial charge in [0.05, 0.1) is 19.9 Å². The van der Waals surface area contributed by atoms with E-state index >= 15 is 0 Å². The summed E-state index contributed by atoms with van der Waals surface area (Å²) in [5.41, 5.74) is 1.61. The Balaban J connectivity index is 1.87. The minimum absolute atomic E-state index is 0.0561. The van der Waals surface area contributed by atoms with Crippen molar-refractivity contribution >= 4 is 18.4 Å². The molecule has 1 aromatic heterocycles. The van der Waals surface area contributed by atoms with Crippen LogP contribution in [0.25, 0.3) is 11.4 Å². The zero-order valence-corrected chi connectivity index (χ0v) is 16.8. The van der Waals surface area contributed by atoms with Gasteiger partial charge in [-0.3, -0.25) is 0 Å². The first-order chi connectivity index (χ1) is 14.2. The lowest BCUT2D eigenvalue weighted by atomic mass is 10.2. The SMILES string of the molecule is CCOc1ccc(-c2n[nH]c(=S)n2/N=C\c2ccc(OCC#N)c(OC)c2)cc1. The number of nitrogens with zero attached hydrogens (tertiary/aromatic N) is 4. The molecule has 3 rings (SSSR count). The number of benzene rings is 2. The van der Waals surface area contributed by atoms with Crippen LogP contribution in [0, 0.1) is 16.1 Å². The van der Waals surface area contributed by atoms with Gasteiger partial charge in [-0.1, -0.05) is 0 Å². The first kappa shape index (κ1) is 20.1. The molecule has 0 saturated carbocycles. The number of nitriles is 1. The number of aromatic amines is 1. The molecule has 0 unspecified atom stereocenters. The van der Waals surface area contributed by atoms with E-state index in [9.17, 15) is 0 Å². The Morgan fingerprint density at radius 2 is 2.00 bits per heavy atom. The van der Waals surface area contributed by atoms with E-state index in [2.05, 4.69) is 15.3 Å². The second-order valence-electron chi connectivity index (χ2n) is 5.72. The minimum atomic E-state index is -0.0561. The predicted molar refractivity (Wildman–Crippen MR) is 111 cm³/mol. The molecule has 0 fully saturated rings. The van der Waals surface area contributed by atoms with E-state index in [-0.39, 0.29) is 6.61 Å². The van der Waals surface area contributed by atoms with E-state index in [0.717, 1.165) is 16.9 Å². The van der Waals surface area contributed by atoms with Gasteiger partial charge in [-0.25, -0.2) is 5.10 Å². The molecule has 0 radical (unpaired) electrons. The largest absolute Gasteiger partial charge is 0.494 e. The fourth-order valence-electron chi connectivity index (χ4n) is 2.57. The summed E-state index contributed by atoms with van der Waals surface area (Å²) >= 11 is 5.30. The van der Waals surface area contributed by atoms with Crippen LogP contribution in [0.15, 0.2) is 47.6 Å². The summed E-state index contributed by atoms with van der Waals surface area (Å²) in [7, 11) is 1.53. The Morgan fingerprint density at radius 1 is 1.21 bits per heavy atom. The average molecular weight is 409 g/mol. The van der Waals surface area contributed by atoms with Crippen molar-refractivity contribution in [3.05, 3.63) is 52.8 Å². The Bertz CT molecular complexity index is 1100. The van der Waals surface area contributed by atoms with Crippen molar-refractivity contribution in [3.63, 3.8) is 0 Å². The molecule has 2 aromatic carbocycles. The molecule has 8 nitrogen and oxygen atoms in total. The maximum Gasteiger partial charge on any atom is 0.216 e.